The molecule has 1 nitrogen and oxygen atoms in total. The summed E-state index contributed by atoms with van der Waals surface area (Å²) in [4.78, 5) is 2.41. The van der Waals surface area contributed by atoms with Crippen molar-refractivity contribution in [1.82, 2.24) is 4.90 Å². The van der Waals surface area contributed by atoms with Crippen LogP contribution in [0.2, 0.25) is 0 Å². The molecule has 0 rings (SSSR count). The van der Waals surface area contributed by atoms with Gasteiger partial charge in [0.05, 0.1) is 0 Å². The maximum Gasteiger partial charge on any atom is 0.00697 e. The standard InChI is InChI=1S/C7H17NS/c1-3-5-8(4-2)6-7-9/h9H,3-7H2,1-2H3. The second-order valence-electron chi connectivity index (χ2n) is 2.16. The van der Waals surface area contributed by atoms with E-state index in [9.17, 15) is 0 Å². The van der Waals surface area contributed by atoms with E-state index in [1.807, 2.05) is 0 Å². The monoisotopic (exact) mass is 147 g/mol. The lowest BCUT2D eigenvalue weighted by Crippen LogP contribution is -2.26. The molecule has 0 bridgehead atoms. The maximum absolute atomic E-state index is 4.17. The van der Waals surface area contributed by atoms with Crippen molar-refractivity contribution < 1.29 is 0 Å². The van der Waals surface area contributed by atoms with E-state index in [4.69, 9.17) is 0 Å². The topological polar surface area (TPSA) is 3.24 Å². The van der Waals surface area contributed by atoms with Gasteiger partial charge >= 0.3 is 0 Å². The summed E-state index contributed by atoms with van der Waals surface area (Å²) in [5.41, 5.74) is 0. The first kappa shape index (κ1) is 9.31. The number of rotatable bonds is 5. The zero-order chi connectivity index (χ0) is 7.11. The van der Waals surface area contributed by atoms with Crippen LogP contribution in [0.4, 0.5) is 0 Å². The molecule has 0 heterocycles. The van der Waals surface area contributed by atoms with Crippen molar-refractivity contribution in [2.45, 2.75) is 20.3 Å². The fourth-order valence-electron chi connectivity index (χ4n) is 0.886. The van der Waals surface area contributed by atoms with Gasteiger partial charge in [0.1, 0.15) is 0 Å². The van der Waals surface area contributed by atoms with Crippen LogP contribution in [0.3, 0.4) is 0 Å². The van der Waals surface area contributed by atoms with Gasteiger partial charge in [-0.05, 0) is 19.5 Å². The molecule has 0 aliphatic heterocycles. The second-order valence-corrected chi connectivity index (χ2v) is 2.61. The van der Waals surface area contributed by atoms with Crippen LogP contribution < -0.4 is 0 Å². The molecule has 0 spiro atoms. The average Bonchev–Trinajstić information content (AvgIpc) is 1.88. The molecular formula is C7H17NS. The lowest BCUT2D eigenvalue weighted by Gasteiger charge is -2.17. The predicted molar refractivity (Wildman–Crippen MR) is 46.3 cm³/mol. The Bertz CT molecular complexity index is 50.9. The molecule has 0 saturated carbocycles. The van der Waals surface area contributed by atoms with Crippen LogP contribution in [-0.4, -0.2) is 30.3 Å². The lowest BCUT2D eigenvalue weighted by molar-refractivity contribution is 0.307. The normalized spacial score (nSPS) is 10.7. The van der Waals surface area contributed by atoms with Crippen LogP contribution >= 0.6 is 12.6 Å². The van der Waals surface area contributed by atoms with E-state index in [1.54, 1.807) is 0 Å². The Labute approximate surface area is 63.8 Å². The van der Waals surface area contributed by atoms with Crippen molar-refractivity contribution >= 4 is 12.6 Å². The van der Waals surface area contributed by atoms with Gasteiger partial charge in [-0.3, -0.25) is 0 Å². The molecule has 0 fully saturated rings. The highest BCUT2D eigenvalue weighted by atomic mass is 32.1. The number of hydrogen-bond donors (Lipinski definition) is 1. The zero-order valence-electron chi connectivity index (χ0n) is 6.43. The van der Waals surface area contributed by atoms with Gasteiger partial charge in [0.25, 0.3) is 0 Å². The summed E-state index contributed by atoms with van der Waals surface area (Å²) in [5.74, 6) is 0.980. The van der Waals surface area contributed by atoms with E-state index >= 15 is 0 Å². The Balaban J connectivity index is 3.18. The van der Waals surface area contributed by atoms with Gasteiger partial charge in [0, 0.05) is 12.3 Å². The molecule has 0 aliphatic rings. The van der Waals surface area contributed by atoms with Crippen LogP contribution in [0, 0.1) is 0 Å². The minimum Gasteiger partial charge on any atom is -0.303 e. The van der Waals surface area contributed by atoms with E-state index in [-0.39, 0.29) is 0 Å². The van der Waals surface area contributed by atoms with Gasteiger partial charge in [-0.1, -0.05) is 13.8 Å². The molecule has 0 radical (unpaired) electrons. The van der Waals surface area contributed by atoms with Gasteiger partial charge in [0.2, 0.25) is 0 Å². The Morgan fingerprint density at radius 2 is 1.89 bits per heavy atom. The third-order valence-corrected chi connectivity index (χ3v) is 1.60. The van der Waals surface area contributed by atoms with Crippen molar-refractivity contribution in [1.29, 1.82) is 0 Å². The number of thiol groups is 1. The highest BCUT2D eigenvalue weighted by Crippen LogP contribution is 1.90. The Morgan fingerprint density at radius 1 is 1.22 bits per heavy atom. The third-order valence-electron chi connectivity index (χ3n) is 1.40. The van der Waals surface area contributed by atoms with E-state index in [1.165, 1.54) is 13.0 Å². The quantitative estimate of drug-likeness (QED) is 0.579. The molecule has 0 N–H and O–H groups in total. The first-order valence-electron chi connectivity index (χ1n) is 3.68. The fraction of sp³-hybridized carbons (Fsp3) is 1.00. The number of hydrogen-bond acceptors (Lipinski definition) is 2. The fourth-order valence-corrected chi connectivity index (χ4v) is 1.17. The SMILES string of the molecule is CCCN(CC)CCS. The van der Waals surface area contributed by atoms with E-state index < -0.39 is 0 Å². The van der Waals surface area contributed by atoms with E-state index in [2.05, 4.69) is 31.4 Å². The van der Waals surface area contributed by atoms with Crippen LogP contribution in [0.1, 0.15) is 20.3 Å². The summed E-state index contributed by atoms with van der Waals surface area (Å²) in [7, 11) is 0. The highest BCUT2D eigenvalue weighted by Gasteiger charge is 1.96. The summed E-state index contributed by atoms with van der Waals surface area (Å²) in [6.07, 6.45) is 1.25. The van der Waals surface area contributed by atoms with E-state index in [0.717, 1.165) is 18.8 Å². The maximum atomic E-state index is 4.17. The summed E-state index contributed by atoms with van der Waals surface area (Å²) in [6.45, 7) is 7.92. The van der Waals surface area contributed by atoms with Crippen LogP contribution in [0.5, 0.6) is 0 Å². The van der Waals surface area contributed by atoms with Crippen LogP contribution in [0.25, 0.3) is 0 Å². The zero-order valence-corrected chi connectivity index (χ0v) is 7.32. The molecule has 56 valence electrons. The lowest BCUT2D eigenvalue weighted by atomic mass is 10.4. The van der Waals surface area contributed by atoms with Gasteiger partial charge < -0.3 is 4.90 Å². The predicted octanol–water partition coefficient (Wildman–Crippen LogP) is 1.65. The first-order valence-corrected chi connectivity index (χ1v) is 4.31. The van der Waals surface area contributed by atoms with E-state index in [0.29, 0.717) is 0 Å². The molecular weight excluding hydrogens is 130 g/mol. The average molecular weight is 147 g/mol. The van der Waals surface area contributed by atoms with Gasteiger partial charge in [-0.2, -0.15) is 12.6 Å². The van der Waals surface area contributed by atoms with Crippen molar-refractivity contribution in [3.8, 4) is 0 Å². The molecule has 0 amide bonds. The van der Waals surface area contributed by atoms with Crippen LogP contribution in [0.15, 0.2) is 0 Å². The van der Waals surface area contributed by atoms with Gasteiger partial charge in [-0.25, -0.2) is 0 Å². The highest BCUT2D eigenvalue weighted by molar-refractivity contribution is 7.80. The molecule has 0 saturated heterocycles. The Kier molecular flexibility index (Phi) is 6.65. The Hall–Kier alpha value is 0.310. The first-order chi connectivity index (χ1) is 4.35. The van der Waals surface area contributed by atoms with Crippen LogP contribution in [-0.2, 0) is 0 Å². The molecule has 2 heteroatoms. The smallest absolute Gasteiger partial charge is 0.00697 e. The van der Waals surface area contributed by atoms with Crippen molar-refractivity contribution in [3.05, 3.63) is 0 Å². The van der Waals surface area contributed by atoms with Crippen molar-refractivity contribution in [2.75, 3.05) is 25.4 Å². The summed E-state index contributed by atoms with van der Waals surface area (Å²) < 4.78 is 0. The summed E-state index contributed by atoms with van der Waals surface area (Å²) in [6, 6.07) is 0. The summed E-state index contributed by atoms with van der Waals surface area (Å²) >= 11 is 4.17. The third kappa shape index (κ3) is 4.79. The molecule has 0 atom stereocenters. The molecule has 0 unspecified atom stereocenters. The molecule has 0 aromatic heterocycles. The molecule has 0 aliphatic carbocycles. The van der Waals surface area contributed by atoms with Crippen molar-refractivity contribution in [2.24, 2.45) is 0 Å². The molecule has 0 aromatic carbocycles. The Morgan fingerprint density at radius 3 is 2.22 bits per heavy atom. The number of nitrogens with zero attached hydrogens (tertiary/aromatic N) is 1. The van der Waals surface area contributed by atoms with Crippen molar-refractivity contribution in [3.63, 3.8) is 0 Å². The van der Waals surface area contributed by atoms with Gasteiger partial charge in [-0.15, -0.1) is 0 Å². The molecule has 0 aromatic rings. The molecule has 9 heavy (non-hydrogen) atoms. The minimum absolute atomic E-state index is 0.980. The summed E-state index contributed by atoms with van der Waals surface area (Å²) in [5, 5.41) is 0. The largest absolute Gasteiger partial charge is 0.303 e. The second kappa shape index (κ2) is 6.43. The van der Waals surface area contributed by atoms with Gasteiger partial charge in [0.15, 0.2) is 0 Å². The minimum atomic E-state index is 0.980.